The SMILES string of the molecule is C#CCn1cc(-c2cccc(Cl)c2)c(=O)c(-c2ccccc2Cl)c1. The van der Waals surface area contributed by atoms with Crippen LogP contribution in [0.1, 0.15) is 0 Å². The minimum atomic E-state index is -0.112. The average Bonchev–Trinajstić information content (AvgIpc) is 2.57. The maximum absolute atomic E-state index is 13.0. The van der Waals surface area contributed by atoms with E-state index in [9.17, 15) is 4.79 Å². The van der Waals surface area contributed by atoms with Crippen LogP contribution in [0.2, 0.25) is 10.0 Å². The van der Waals surface area contributed by atoms with Gasteiger partial charge in [-0.05, 0) is 23.8 Å². The van der Waals surface area contributed by atoms with Crippen molar-refractivity contribution in [2.75, 3.05) is 0 Å². The van der Waals surface area contributed by atoms with Gasteiger partial charge in [-0.1, -0.05) is 59.5 Å². The van der Waals surface area contributed by atoms with Gasteiger partial charge in [-0.25, -0.2) is 0 Å². The molecule has 0 aliphatic carbocycles. The van der Waals surface area contributed by atoms with E-state index in [0.717, 1.165) is 5.56 Å². The molecule has 0 fully saturated rings. The molecular weight excluding hydrogens is 341 g/mol. The molecule has 0 bridgehead atoms. The van der Waals surface area contributed by atoms with Gasteiger partial charge in [-0.2, -0.15) is 0 Å². The summed E-state index contributed by atoms with van der Waals surface area (Å²) in [6.07, 6.45) is 8.91. The second kappa shape index (κ2) is 6.97. The van der Waals surface area contributed by atoms with E-state index in [4.69, 9.17) is 29.6 Å². The van der Waals surface area contributed by atoms with E-state index < -0.39 is 0 Å². The number of hydrogen-bond acceptors (Lipinski definition) is 1. The van der Waals surface area contributed by atoms with Crippen molar-refractivity contribution in [1.29, 1.82) is 0 Å². The molecule has 0 radical (unpaired) electrons. The Hall–Kier alpha value is -2.47. The van der Waals surface area contributed by atoms with Crippen molar-refractivity contribution in [2.24, 2.45) is 0 Å². The van der Waals surface area contributed by atoms with Crippen LogP contribution >= 0.6 is 23.2 Å². The molecule has 3 aromatic rings. The quantitative estimate of drug-likeness (QED) is 0.598. The minimum absolute atomic E-state index is 0.112. The molecule has 0 spiro atoms. The highest BCUT2D eigenvalue weighted by molar-refractivity contribution is 6.33. The Kier molecular flexibility index (Phi) is 4.76. The van der Waals surface area contributed by atoms with Gasteiger partial charge >= 0.3 is 0 Å². The molecule has 3 rings (SSSR count). The zero-order valence-electron chi connectivity index (χ0n) is 12.7. The molecule has 0 amide bonds. The first-order valence-corrected chi connectivity index (χ1v) is 8.04. The van der Waals surface area contributed by atoms with Crippen LogP contribution in [0.15, 0.2) is 65.7 Å². The lowest BCUT2D eigenvalue weighted by Gasteiger charge is -2.12. The molecule has 24 heavy (non-hydrogen) atoms. The Balaban J connectivity index is 2.30. The van der Waals surface area contributed by atoms with Crippen LogP contribution in [0.3, 0.4) is 0 Å². The maximum Gasteiger partial charge on any atom is 0.197 e. The standard InChI is InChI=1S/C20H13Cl2NO/c1-2-10-23-12-17(14-6-5-7-15(21)11-14)20(24)18(13-23)16-8-3-4-9-19(16)22/h1,3-9,11-13H,10H2. The number of pyridine rings is 1. The third-order valence-corrected chi connectivity index (χ3v) is 4.22. The van der Waals surface area contributed by atoms with Crippen molar-refractivity contribution < 1.29 is 0 Å². The molecule has 2 nitrogen and oxygen atoms in total. The Labute approximate surface area is 150 Å². The lowest BCUT2D eigenvalue weighted by Crippen LogP contribution is -2.13. The molecular formula is C20H13Cl2NO. The predicted molar refractivity (Wildman–Crippen MR) is 100 cm³/mol. The van der Waals surface area contributed by atoms with E-state index in [0.29, 0.717) is 33.3 Å². The second-order valence-electron chi connectivity index (χ2n) is 5.28. The van der Waals surface area contributed by atoms with Crippen LogP contribution < -0.4 is 5.43 Å². The summed E-state index contributed by atoms with van der Waals surface area (Å²) in [5.41, 5.74) is 2.35. The summed E-state index contributed by atoms with van der Waals surface area (Å²) >= 11 is 12.3. The third kappa shape index (κ3) is 3.23. The highest BCUT2D eigenvalue weighted by Crippen LogP contribution is 2.27. The fourth-order valence-corrected chi connectivity index (χ4v) is 2.99. The molecule has 0 saturated carbocycles. The van der Waals surface area contributed by atoms with Crippen LogP contribution in [-0.4, -0.2) is 4.57 Å². The first-order valence-electron chi connectivity index (χ1n) is 7.28. The number of terminal acetylenes is 1. The molecule has 0 unspecified atom stereocenters. The summed E-state index contributed by atoms with van der Waals surface area (Å²) in [5.74, 6) is 2.59. The number of benzene rings is 2. The maximum atomic E-state index is 13.0. The van der Waals surface area contributed by atoms with Gasteiger partial charge < -0.3 is 4.57 Å². The largest absolute Gasteiger partial charge is 0.341 e. The summed E-state index contributed by atoms with van der Waals surface area (Å²) in [6, 6.07) is 14.4. The van der Waals surface area contributed by atoms with E-state index >= 15 is 0 Å². The molecule has 0 aliphatic rings. The van der Waals surface area contributed by atoms with Gasteiger partial charge in [-0.3, -0.25) is 4.79 Å². The normalized spacial score (nSPS) is 10.4. The van der Waals surface area contributed by atoms with E-state index in [1.807, 2.05) is 30.3 Å². The monoisotopic (exact) mass is 353 g/mol. The Morgan fingerprint density at radius 2 is 1.71 bits per heavy atom. The minimum Gasteiger partial charge on any atom is -0.341 e. The fraction of sp³-hybridized carbons (Fsp3) is 0.0500. The van der Waals surface area contributed by atoms with Gasteiger partial charge in [0.1, 0.15) is 0 Å². The number of halogens is 2. The van der Waals surface area contributed by atoms with Crippen LogP contribution in [0.25, 0.3) is 22.3 Å². The van der Waals surface area contributed by atoms with Gasteiger partial charge in [0, 0.05) is 39.1 Å². The fourth-order valence-electron chi connectivity index (χ4n) is 2.56. The number of aromatic nitrogens is 1. The zero-order valence-corrected chi connectivity index (χ0v) is 14.2. The lowest BCUT2D eigenvalue weighted by molar-refractivity contribution is 0.834. The van der Waals surface area contributed by atoms with Crippen molar-refractivity contribution in [2.45, 2.75) is 6.54 Å². The second-order valence-corrected chi connectivity index (χ2v) is 6.12. The summed E-state index contributed by atoms with van der Waals surface area (Å²) in [7, 11) is 0. The van der Waals surface area contributed by atoms with Crippen molar-refractivity contribution in [3.8, 4) is 34.6 Å². The first-order chi connectivity index (χ1) is 11.6. The molecule has 0 aliphatic heterocycles. The molecule has 0 saturated heterocycles. The van der Waals surface area contributed by atoms with Crippen molar-refractivity contribution >= 4 is 23.2 Å². The number of hydrogen-bond donors (Lipinski definition) is 0. The van der Waals surface area contributed by atoms with E-state index in [2.05, 4.69) is 5.92 Å². The zero-order chi connectivity index (χ0) is 17.1. The number of nitrogens with zero attached hydrogens (tertiary/aromatic N) is 1. The highest BCUT2D eigenvalue weighted by atomic mass is 35.5. The van der Waals surface area contributed by atoms with E-state index in [-0.39, 0.29) is 5.43 Å². The smallest absolute Gasteiger partial charge is 0.197 e. The molecule has 2 aromatic carbocycles. The highest BCUT2D eigenvalue weighted by Gasteiger charge is 2.13. The van der Waals surface area contributed by atoms with Gasteiger partial charge in [-0.15, -0.1) is 6.42 Å². The van der Waals surface area contributed by atoms with Crippen molar-refractivity contribution in [3.63, 3.8) is 0 Å². The summed E-state index contributed by atoms with van der Waals surface area (Å²) in [5, 5.41) is 1.09. The summed E-state index contributed by atoms with van der Waals surface area (Å²) < 4.78 is 1.80. The third-order valence-electron chi connectivity index (χ3n) is 3.65. The molecule has 1 aromatic heterocycles. The summed E-state index contributed by atoms with van der Waals surface area (Å²) in [6.45, 7) is 0.352. The molecule has 118 valence electrons. The van der Waals surface area contributed by atoms with Crippen LogP contribution in [0.4, 0.5) is 0 Å². The lowest BCUT2D eigenvalue weighted by atomic mass is 10.0. The van der Waals surface area contributed by atoms with E-state index in [1.165, 1.54) is 0 Å². The van der Waals surface area contributed by atoms with Gasteiger partial charge in [0.15, 0.2) is 5.43 Å². The molecule has 4 heteroatoms. The summed E-state index contributed by atoms with van der Waals surface area (Å²) in [4.78, 5) is 13.0. The first kappa shape index (κ1) is 16.4. The Bertz CT molecular complexity index is 999. The number of rotatable bonds is 3. The van der Waals surface area contributed by atoms with Crippen LogP contribution in [-0.2, 0) is 6.54 Å². The Morgan fingerprint density at radius 3 is 2.42 bits per heavy atom. The van der Waals surface area contributed by atoms with Gasteiger partial charge in [0.2, 0.25) is 0 Å². The van der Waals surface area contributed by atoms with E-state index in [1.54, 1.807) is 35.2 Å². The van der Waals surface area contributed by atoms with Gasteiger partial charge in [0.05, 0.1) is 6.54 Å². The molecule has 0 atom stereocenters. The van der Waals surface area contributed by atoms with Crippen LogP contribution in [0, 0.1) is 12.3 Å². The topological polar surface area (TPSA) is 22.0 Å². The predicted octanol–water partition coefficient (Wildman–Crippen LogP) is 5.12. The van der Waals surface area contributed by atoms with Crippen molar-refractivity contribution in [1.82, 2.24) is 4.57 Å². The average molecular weight is 354 g/mol. The van der Waals surface area contributed by atoms with Crippen LogP contribution in [0.5, 0.6) is 0 Å². The van der Waals surface area contributed by atoms with Crippen molar-refractivity contribution in [3.05, 3.63) is 81.2 Å². The molecule has 1 heterocycles. The molecule has 0 N–H and O–H groups in total. The van der Waals surface area contributed by atoms with Gasteiger partial charge in [0.25, 0.3) is 0 Å². The Morgan fingerprint density at radius 1 is 0.958 bits per heavy atom.